The highest BCUT2D eigenvalue weighted by atomic mass is 16.4. The van der Waals surface area contributed by atoms with Crippen molar-refractivity contribution in [3.63, 3.8) is 0 Å². The molecule has 0 spiro atoms. The molecule has 0 saturated carbocycles. The first kappa shape index (κ1) is 19.5. The Bertz CT molecular complexity index is 975. The molecule has 0 saturated heterocycles. The van der Waals surface area contributed by atoms with Crippen molar-refractivity contribution in [1.82, 2.24) is 19.7 Å². The quantitative estimate of drug-likeness (QED) is 0.696. The molecule has 2 N–H and O–H groups in total. The average Bonchev–Trinajstić information content (AvgIpc) is 3.01. The molecule has 2 heterocycles. The number of aromatic nitrogens is 4. The molecule has 0 aromatic carbocycles. The van der Waals surface area contributed by atoms with Crippen LogP contribution in [0.3, 0.4) is 0 Å². The normalized spacial score (nSPS) is 18.8. The number of carboxylic acids is 1. The lowest BCUT2D eigenvalue weighted by Crippen LogP contribution is -2.41. The van der Waals surface area contributed by atoms with Gasteiger partial charge in [-0.2, -0.15) is 9.78 Å². The second-order valence-corrected chi connectivity index (χ2v) is 6.86. The highest BCUT2D eigenvalue weighted by molar-refractivity contribution is 5.94. The van der Waals surface area contributed by atoms with E-state index in [1.165, 1.54) is 10.7 Å². The summed E-state index contributed by atoms with van der Waals surface area (Å²) in [5.41, 5.74) is 0.924. The van der Waals surface area contributed by atoms with Crippen molar-refractivity contribution in [2.45, 2.75) is 39.5 Å². The molecule has 1 aliphatic rings. The van der Waals surface area contributed by atoms with E-state index in [0.29, 0.717) is 30.0 Å². The van der Waals surface area contributed by atoms with E-state index >= 15 is 0 Å². The lowest BCUT2D eigenvalue weighted by molar-refractivity contribution is -0.313. The Morgan fingerprint density at radius 2 is 2.00 bits per heavy atom. The number of aryl methyl sites for hydroxylation is 2. The minimum atomic E-state index is -1.24. The fraction of sp³-hybridized carbons (Fsp3) is 0.421. The average molecular weight is 384 g/mol. The van der Waals surface area contributed by atoms with Crippen molar-refractivity contribution in [3.8, 4) is 5.95 Å². The summed E-state index contributed by atoms with van der Waals surface area (Å²) in [5.74, 6) is -2.80. The van der Waals surface area contributed by atoms with Crippen LogP contribution in [0.5, 0.6) is 0 Å². The molecule has 1 aliphatic carbocycles. The number of H-pyrrole nitrogens is 1. The Hall–Kier alpha value is -3.23. The summed E-state index contributed by atoms with van der Waals surface area (Å²) < 4.78 is 1.35. The van der Waals surface area contributed by atoms with Crippen LogP contribution in [0.15, 0.2) is 29.1 Å². The summed E-state index contributed by atoms with van der Waals surface area (Å²) in [4.78, 5) is 43.1. The maximum atomic E-state index is 12.7. The maximum Gasteiger partial charge on any atom is 0.252 e. The number of aliphatic carboxylic acids is 1. The Morgan fingerprint density at radius 1 is 1.29 bits per heavy atom. The summed E-state index contributed by atoms with van der Waals surface area (Å²) in [6, 6.07) is 3.07. The predicted octanol–water partition coefficient (Wildman–Crippen LogP) is 0.487. The maximum absolute atomic E-state index is 12.7. The van der Waals surface area contributed by atoms with E-state index in [1.54, 1.807) is 25.1 Å². The fourth-order valence-corrected chi connectivity index (χ4v) is 3.31. The van der Waals surface area contributed by atoms with Gasteiger partial charge in [-0.15, -0.1) is 0 Å². The number of anilines is 1. The zero-order valence-electron chi connectivity index (χ0n) is 15.8. The summed E-state index contributed by atoms with van der Waals surface area (Å²) in [6.07, 6.45) is 5.58. The number of carbonyl (C=O) groups excluding carboxylic acids is 2. The van der Waals surface area contributed by atoms with E-state index in [0.717, 1.165) is 6.42 Å². The molecule has 9 nitrogen and oxygen atoms in total. The molecule has 0 unspecified atom stereocenters. The summed E-state index contributed by atoms with van der Waals surface area (Å²) in [6.45, 7) is 3.73. The SMILES string of the molecule is CCCc1cc(=O)[nH]c(-n2nc(C)cc2NC(=O)[C@@H]2CC=CC[C@@H]2C(=O)[O-])n1. The van der Waals surface area contributed by atoms with Crippen molar-refractivity contribution >= 4 is 17.7 Å². The molecule has 1 amide bonds. The molecule has 2 aromatic rings. The minimum absolute atomic E-state index is 0.194. The number of rotatable bonds is 6. The molecule has 148 valence electrons. The highest BCUT2D eigenvalue weighted by Gasteiger charge is 2.30. The van der Waals surface area contributed by atoms with Crippen LogP contribution in [-0.4, -0.2) is 31.6 Å². The second-order valence-electron chi connectivity index (χ2n) is 6.86. The predicted molar refractivity (Wildman–Crippen MR) is 99.7 cm³/mol. The Morgan fingerprint density at radius 3 is 2.68 bits per heavy atom. The molecule has 0 radical (unpaired) electrons. The van der Waals surface area contributed by atoms with Gasteiger partial charge in [-0.1, -0.05) is 25.5 Å². The number of nitrogens with one attached hydrogen (secondary N) is 2. The molecular formula is C19H22N5O4-. The standard InChI is InChI=1S/C19H23N5O4/c1-3-6-12-10-16(25)22-19(20-12)24-15(9-11(2)23-24)21-17(26)13-7-4-5-8-14(13)18(27)28/h4-5,9-10,13-14H,3,6-8H2,1-2H3,(H,21,26)(H,27,28)(H,20,22,25)/p-1/t13-,14+/m1/s1. The van der Waals surface area contributed by atoms with Crippen molar-refractivity contribution in [1.29, 1.82) is 0 Å². The van der Waals surface area contributed by atoms with E-state index in [-0.39, 0.29) is 17.9 Å². The molecular weight excluding hydrogens is 362 g/mol. The lowest BCUT2D eigenvalue weighted by Gasteiger charge is -2.28. The van der Waals surface area contributed by atoms with Gasteiger partial charge >= 0.3 is 0 Å². The third kappa shape index (κ3) is 4.19. The van der Waals surface area contributed by atoms with E-state index in [1.807, 2.05) is 6.92 Å². The van der Waals surface area contributed by atoms with Gasteiger partial charge in [0.2, 0.25) is 11.9 Å². The molecule has 0 bridgehead atoms. The number of carbonyl (C=O) groups is 2. The summed E-state index contributed by atoms with van der Waals surface area (Å²) in [5, 5.41) is 18.4. The van der Waals surface area contributed by atoms with Gasteiger partial charge in [0.05, 0.1) is 11.6 Å². The summed E-state index contributed by atoms with van der Waals surface area (Å²) in [7, 11) is 0. The van der Waals surface area contributed by atoms with Gasteiger partial charge in [0, 0.05) is 29.7 Å². The van der Waals surface area contributed by atoms with Gasteiger partial charge in [0.1, 0.15) is 5.82 Å². The molecule has 28 heavy (non-hydrogen) atoms. The van der Waals surface area contributed by atoms with Crippen LogP contribution in [0.25, 0.3) is 5.95 Å². The van der Waals surface area contributed by atoms with Crippen LogP contribution in [-0.2, 0) is 16.0 Å². The number of aromatic amines is 1. The lowest BCUT2D eigenvalue weighted by atomic mass is 9.82. The molecule has 2 aromatic heterocycles. The van der Waals surface area contributed by atoms with E-state index in [4.69, 9.17) is 0 Å². The monoisotopic (exact) mass is 384 g/mol. The van der Waals surface area contributed by atoms with Crippen LogP contribution < -0.4 is 16.0 Å². The topological polar surface area (TPSA) is 133 Å². The number of carboxylic acid groups (broad SMARTS) is 1. The number of hydrogen-bond donors (Lipinski definition) is 2. The van der Waals surface area contributed by atoms with Crippen LogP contribution in [0, 0.1) is 18.8 Å². The third-order valence-electron chi connectivity index (χ3n) is 4.64. The minimum Gasteiger partial charge on any atom is -0.550 e. The van der Waals surface area contributed by atoms with Crippen LogP contribution >= 0.6 is 0 Å². The van der Waals surface area contributed by atoms with Crippen molar-refractivity contribution in [2.24, 2.45) is 11.8 Å². The largest absolute Gasteiger partial charge is 0.550 e. The van der Waals surface area contributed by atoms with Gasteiger partial charge in [0.25, 0.3) is 5.56 Å². The van der Waals surface area contributed by atoms with E-state index in [9.17, 15) is 19.5 Å². The fourth-order valence-electron chi connectivity index (χ4n) is 3.31. The van der Waals surface area contributed by atoms with Gasteiger partial charge < -0.3 is 15.2 Å². The first-order valence-corrected chi connectivity index (χ1v) is 9.23. The molecule has 2 atom stereocenters. The number of amides is 1. The van der Waals surface area contributed by atoms with Gasteiger partial charge in [-0.3, -0.25) is 14.6 Å². The second kappa shape index (κ2) is 8.20. The van der Waals surface area contributed by atoms with Crippen molar-refractivity contribution in [3.05, 3.63) is 46.0 Å². The van der Waals surface area contributed by atoms with Crippen LogP contribution in [0.4, 0.5) is 5.82 Å². The zero-order chi connectivity index (χ0) is 20.3. The third-order valence-corrected chi connectivity index (χ3v) is 4.64. The van der Waals surface area contributed by atoms with Crippen LogP contribution in [0.2, 0.25) is 0 Å². The smallest absolute Gasteiger partial charge is 0.252 e. The Kier molecular flexibility index (Phi) is 5.72. The van der Waals surface area contributed by atoms with E-state index in [2.05, 4.69) is 20.4 Å². The molecule has 0 aliphatic heterocycles. The van der Waals surface area contributed by atoms with Gasteiger partial charge in [-0.05, 0) is 26.2 Å². The molecule has 0 fully saturated rings. The first-order chi connectivity index (χ1) is 13.4. The van der Waals surface area contributed by atoms with Crippen LogP contribution in [0.1, 0.15) is 37.6 Å². The molecule has 9 heteroatoms. The number of hydrogen-bond acceptors (Lipinski definition) is 6. The number of nitrogens with zero attached hydrogens (tertiary/aromatic N) is 3. The van der Waals surface area contributed by atoms with Crippen molar-refractivity contribution in [2.75, 3.05) is 5.32 Å². The van der Waals surface area contributed by atoms with Gasteiger partial charge in [-0.25, -0.2) is 4.98 Å². The highest BCUT2D eigenvalue weighted by Crippen LogP contribution is 2.27. The molecule has 3 rings (SSSR count). The van der Waals surface area contributed by atoms with E-state index < -0.39 is 23.7 Å². The van der Waals surface area contributed by atoms with Gasteiger partial charge in [0.15, 0.2) is 0 Å². The summed E-state index contributed by atoms with van der Waals surface area (Å²) >= 11 is 0. The van der Waals surface area contributed by atoms with Crippen molar-refractivity contribution < 1.29 is 14.7 Å². The Balaban J connectivity index is 1.91. The number of allylic oxidation sites excluding steroid dienone is 2. The Labute approximate surface area is 161 Å². The zero-order valence-corrected chi connectivity index (χ0v) is 15.8. The first-order valence-electron chi connectivity index (χ1n) is 9.23.